The van der Waals surface area contributed by atoms with Crippen LogP contribution >= 0.6 is 11.8 Å². The molecule has 1 saturated heterocycles. The summed E-state index contributed by atoms with van der Waals surface area (Å²) in [6, 6.07) is 2.50. The van der Waals surface area contributed by atoms with Crippen molar-refractivity contribution in [3.05, 3.63) is 34.9 Å². The SMILES string of the molecule is Cc1ccc(F)c(C(=O)CC2CSCCN2)c1F. The summed E-state index contributed by atoms with van der Waals surface area (Å²) in [6.07, 6.45) is 0.143. The van der Waals surface area contributed by atoms with E-state index in [0.29, 0.717) is 5.56 Å². The van der Waals surface area contributed by atoms with E-state index in [1.807, 2.05) is 0 Å². The molecule has 2 nitrogen and oxygen atoms in total. The van der Waals surface area contributed by atoms with Gasteiger partial charge in [0.25, 0.3) is 0 Å². The molecule has 1 aliphatic heterocycles. The molecule has 5 heteroatoms. The number of thioether (sulfide) groups is 1. The van der Waals surface area contributed by atoms with Gasteiger partial charge in [-0.2, -0.15) is 11.8 Å². The Hall–Kier alpha value is -0.940. The summed E-state index contributed by atoms with van der Waals surface area (Å²) in [4.78, 5) is 12.0. The maximum absolute atomic E-state index is 13.8. The Labute approximate surface area is 109 Å². The van der Waals surface area contributed by atoms with E-state index in [-0.39, 0.29) is 12.5 Å². The van der Waals surface area contributed by atoms with Crippen molar-refractivity contribution in [1.82, 2.24) is 5.32 Å². The number of ketones is 1. The van der Waals surface area contributed by atoms with Crippen molar-refractivity contribution in [1.29, 1.82) is 0 Å². The first-order chi connectivity index (χ1) is 8.59. The summed E-state index contributed by atoms with van der Waals surface area (Å²) < 4.78 is 27.3. The molecule has 0 aromatic heterocycles. The molecule has 0 saturated carbocycles. The molecule has 0 bridgehead atoms. The third-order valence-corrected chi connectivity index (χ3v) is 4.12. The smallest absolute Gasteiger partial charge is 0.170 e. The van der Waals surface area contributed by atoms with Gasteiger partial charge in [0.15, 0.2) is 5.78 Å². The first-order valence-corrected chi connectivity index (χ1v) is 7.04. The molecule has 2 rings (SSSR count). The number of carbonyl (C=O) groups is 1. The third-order valence-electron chi connectivity index (χ3n) is 2.99. The van der Waals surface area contributed by atoms with Crippen LogP contribution in [0.15, 0.2) is 12.1 Å². The zero-order valence-corrected chi connectivity index (χ0v) is 10.9. The van der Waals surface area contributed by atoms with E-state index in [1.165, 1.54) is 13.0 Å². The molecular weight excluding hydrogens is 256 g/mol. The van der Waals surface area contributed by atoms with Crippen LogP contribution in [0.4, 0.5) is 8.78 Å². The van der Waals surface area contributed by atoms with Gasteiger partial charge in [-0.1, -0.05) is 6.07 Å². The number of hydrogen-bond acceptors (Lipinski definition) is 3. The molecule has 0 spiro atoms. The Kier molecular flexibility index (Phi) is 4.35. The van der Waals surface area contributed by atoms with E-state index in [9.17, 15) is 13.6 Å². The van der Waals surface area contributed by atoms with Gasteiger partial charge in [0.2, 0.25) is 0 Å². The minimum absolute atomic E-state index is 0.00978. The highest BCUT2D eigenvalue weighted by Gasteiger charge is 2.23. The fourth-order valence-electron chi connectivity index (χ4n) is 1.99. The minimum Gasteiger partial charge on any atom is -0.312 e. The van der Waals surface area contributed by atoms with Crippen LogP contribution < -0.4 is 5.32 Å². The highest BCUT2D eigenvalue weighted by Crippen LogP contribution is 2.20. The van der Waals surface area contributed by atoms with Crippen LogP contribution in [0.1, 0.15) is 22.3 Å². The van der Waals surface area contributed by atoms with Crippen molar-refractivity contribution < 1.29 is 13.6 Å². The van der Waals surface area contributed by atoms with Crippen LogP contribution in [0, 0.1) is 18.6 Å². The fourth-order valence-corrected chi connectivity index (χ4v) is 2.94. The average Bonchev–Trinajstić information content (AvgIpc) is 2.36. The summed E-state index contributed by atoms with van der Waals surface area (Å²) in [5, 5.41) is 3.19. The van der Waals surface area contributed by atoms with E-state index in [1.54, 1.807) is 11.8 Å². The average molecular weight is 271 g/mol. The Bertz CT molecular complexity index is 459. The maximum atomic E-state index is 13.8. The second-order valence-electron chi connectivity index (χ2n) is 4.41. The molecule has 1 aromatic rings. The molecule has 0 radical (unpaired) electrons. The van der Waals surface area contributed by atoms with Gasteiger partial charge in [-0.15, -0.1) is 0 Å². The van der Waals surface area contributed by atoms with Crippen LogP contribution in [-0.2, 0) is 0 Å². The van der Waals surface area contributed by atoms with Gasteiger partial charge in [-0.05, 0) is 18.6 Å². The molecule has 98 valence electrons. The van der Waals surface area contributed by atoms with Gasteiger partial charge in [-0.3, -0.25) is 4.79 Å². The predicted octanol–water partition coefficient (Wildman–Crippen LogP) is 2.55. The number of Topliss-reactive ketones (excluding diaryl/α,β-unsaturated/α-hetero) is 1. The largest absolute Gasteiger partial charge is 0.312 e. The third kappa shape index (κ3) is 2.90. The molecule has 0 amide bonds. The predicted molar refractivity (Wildman–Crippen MR) is 69.2 cm³/mol. The van der Waals surface area contributed by atoms with Crippen LogP contribution in [0.25, 0.3) is 0 Å². The Morgan fingerprint density at radius 3 is 2.94 bits per heavy atom. The van der Waals surface area contributed by atoms with Gasteiger partial charge in [0, 0.05) is 30.5 Å². The van der Waals surface area contributed by atoms with Crippen LogP contribution in [0.5, 0.6) is 0 Å². The summed E-state index contributed by atoms with van der Waals surface area (Å²) in [5.41, 5.74) is -0.0990. The zero-order valence-electron chi connectivity index (χ0n) is 10.1. The zero-order chi connectivity index (χ0) is 13.1. The standard InChI is InChI=1S/C13H15F2NOS/c1-8-2-3-10(14)12(13(8)15)11(17)6-9-7-18-5-4-16-9/h2-3,9,16H,4-7H2,1H3. The van der Waals surface area contributed by atoms with E-state index >= 15 is 0 Å². The monoisotopic (exact) mass is 271 g/mol. The van der Waals surface area contributed by atoms with Crippen molar-refractivity contribution in [2.45, 2.75) is 19.4 Å². The van der Waals surface area contributed by atoms with Crippen molar-refractivity contribution in [3.8, 4) is 0 Å². The second kappa shape index (κ2) is 5.80. The summed E-state index contributed by atoms with van der Waals surface area (Å²) >= 11 is 1.75. The first-order valence-electron chi connectivity index (χ1n) is 5.88. The number of nitrogens with one attached hydrogen (secondary N) is 1. The molecule has 18 heavy (non-hydrogen) atoms. The molecule has 0 aliphatic carbocycles. The molecule has 1 N–H and O–H groups in total. The Morgan fingerprint density at radius 2 is 2.28 bits per heavy atom. The van der Waals surface area contributed by atoms with Gasteiger partial charge in [-0.25, -0.2) is 8.78 Å². The van der Waals surface area contributed by atoms with Crippen molar-refractivity contribution >= 4 is 17.5 Å². The topological polar surface area (TPSA) is 29.1 Å². The van der Waals surface area contributed by atoms with Gasteiger partial charge in [0.1, 0.15) is 11.6 Å². The maximum Gasteiger partial charge on any atom is 0.170 e. The highest BCUT2D eigenvalue weighted by molar-refractivity contribution is 7.99. The lowest BCUT2D eigenvalue weighted by molar-refractivity contribution is 0.0963. The van der Waals surface area contributed by atoms with Crippen molar-refractivity contribution in [3.63, 3.8) is 0 Å². The summed E-state index contributed by atoms with van der Waals surface area (Å²) in [6.45, 7) is 2.36. The number of aryl methyl sites for hydroxylation is 1. The normalized spacial score (nSPS) is 19.8. The van der Waals surface area contributed by atoms with Gasteiger partial charge in [0.05, 0.1) is 5.56 Å². The molecule has 1 aromatic carbocycles. The number of benzene rings is 1. The fraction of sp³-hybridized carbons (Fsp3) is 0.462. The Balaban J connectivity index is 2.15. The van der Waals surface area contributed by atoms with Crippen LogP contribution in [-0.4, -0.2) is 29.9 Å². The van der Waals surface area contributed by atoms with Crippen LogP contribution in [0.3, 0.4) is 0 Å². The summed E-state index contributed by atoms with van der Waals surface area (Å²) in [7, 11) is 0. The number of halogens is 2. The van der Waals surface area contributed by atoms with Gasteiger partial charge >= 0.3 is 0 Å². The molecule has 1 fully saturated rings. The molecule has 1 aliphatic rings. The van der Waals surface area contributed by atoms with E-state index in [0.717, 1.165) is 24.1 Å². The Morgan fingerprint density at radius 1 is 1.50 bits per heavy atom. The number of rotatable bonds is 3. The molecule has 1 unspecified atom stereocenters. The van der Waals surface area contributed by atoms with Gasteiger partial charge < -0.3 is 5.32 Å². The second-order valence-corrected chi connectivity index (χ2v) is 5.56. The van der Waals surface area contributed by atoms with Crippen molar-refractivity contribution in [2.24, 2.45) is 0 Å². The molecule has 1 atom stereocenters. The first kappa shape index (κ1) is 13.5. The molecular formula is C13H15F2NOS. The lowest BCUT2D eigenvalue weighted by Crippen LogP contribution is -2.39. The number of carbonyl (C=O) groups excluding carboxylic acids is 1. The molecule has 1 heterocycles. The highest BCUT2D eigenvalue weighted by atomic mass is 32.2. The lowest BCUT2D eigenvalue weighted by atomic mass is 10.0. The van der Waals surface area contributed by atoms with E-state index in [4.69, 9.17) is 0 Å². The van der Waals surface area contributed by atoms with Crippen molar-refractivity contribution in [2.75, 3.05) is 18.1 Å². The van der Waals surface area contributed by atoms with E-state index < -0.39 is 23.0 Å². The van der Waals surface area contributed by atoms with Crippen LogP contribution in [0.2, 0.25) is 0 Å². The quantitative estimate of drug-likeness (QED) is 0.857. The number of hydrogen-bond donors (Lipinski definition) is 1. The van der Waals surface area contributed by atoms with E-state index in [2.05, 4.69) is 5.32 Å². The summed E-state index contributed by atoms with van der Waals surface area (Å²) in [5.74, 6) is -0.151. The minimum atomic E-state index is -0.772. The lowest BCUT2D eigenvalue weighted by Gasteiger charge is -2.22.